The zero-order valence-electron chi connectivity index (χ0n) is 15.3. The van der Waals surface area contributed by atoms with Crippen LogP contribution in [0.5, 0.6) is 0 Å². The summed E-state index contributed by atoms with van der Waals surface area (Å²) >= 11 is 0. The van der Waals surface area contributed by atoms with Crippen molar-refractivity contribution in [3.8, 4) is 0 Å². The third-order valence-corrected chi connectivity index (χ3v) is 6.25. The number of nitrogens with zero attached hydrogens (tertiary/aromatic N) is 2. The van der Waals surface area contributed by atoms with E-state index in [4.69, 9.17) is 4.78 Å². The van der Waals surface area contributed by atoms with Gasteiger partial charge in [0.05, 0.1) is 11.0 Å². The molecule has 0 radical (unpaired) electrons. The number of aryl methyl sites for hydroxylation is 1. The number of carbonyl (C=O) groups excluding carboxylic acids is 1. The molecule has 11 heteroatoms. The second-order valence-electron chi connectivity index (χ2n) is 6.72. The molecule has 8 nitrogen and oxygen atoms in total. The molecule has 0 aliphatic carbocycles. The highest BCUT2D eigenvalue weighted by atomic mass is 32.2. The van der Waals surface area contributed by atoms with E-state index < -0.39 is 40.1 Å². The molecule has 0 saturated heterocycles. The highest BCUT2D eigenvalue weighted by molar-refractivity contribution is 7.90. The van der Waals surface area contributed by atoms with Crippen LogP contribution in [-0.2, 0) is 23.4 Å². The van der Waals surface area contributed by atoms with Gasteiger partial charge in [-0.3, -0.25) is 9.78 Å². The Balaban J connectivity index is 1.95. The smallest absolute Gasteiger partial charge is 0.280 e. The van der Waals surface area contributed by atoms with Gasteiger partial charge in [-0.2, -0.15) is 0 Å². The molecular weight excluding hydrogens is 392 g/mol. The van der Waals surface area contributed by atoms with Gasteiger partial charge < -0.3 is 15.0 Å². The van der Waals surface area contributed by atoms with Crippen LogP contribution in [0.25, 0.3) is 0 Å². The number of aliphatic hydroxyl groups is 1. The lowest BCUT2D eigenvalue weighted by Gasteiger charge is -2.19. The van der Waals surface area contributed by atoms with Gasteiger partial charge in [0.25, 0.3) is 12.3 Å². The van der Waals surface area contributed by atoms with Gasteiger partial charge in [-0.1, -0.05) is 0 Å². The number of fused-ring (bicyclic) bond motifs is 1. The van der Waals surface area contributed by atoms with E-state index in [1.165, 1.54) is 23.0 Å². The van der Waals surface area contributed by atoms with Crippen molar-refractivity contribution < 1.29 is 22.9 Å². The predicted octanol–water partition coefficient (Wildman–Crippen LogP) is 2.22. The molecule has 2 aromatic rings. The van der Waals surface area contributed by atoms with Crippen LogP contribution in [-0.4, -0.2) is 36.9 Å². The average molecular weight is 413 g/mol. The van der Waals surface area contributed by atoms with Crippen LogP contribution in [0, 0.1) is 4.78 Å². The number of pyridine rings is 1. The van der Waals surface area contributed by atoms with Gasteiger partial charge in [-0.05, 0) is 31.9 Å². The maximum atomic E-state index is 12.8. The highest BCUT2D eigenvalue weighted by Crippen LogP contribution is 2.29. The zero-order valence-corrected chi connectivity index (χ0v) is 16.1. The standard InChI is InChI=1S/C17H21F2N5O3S/c1-9(25)12-4-3-11-14(28(20,27)23-12)8-24(2)15(11)17(26)22-10-5-6-21-13(7-10)16(18)19/h5-9,12,16,25H,3-4H2,1-2H3,(H2,20,23,27)(H,21,22,26)/t9-,12+,28?/m0/s1. The molecular formula is C17H21F2N5O3S. The maximum absolute atomic E-state index is 12.8. The topological polar surface area (TPSA) is 120 Å². The van der Waals surface area contributed by atoms with E-state index in [1.54, 1.807) is 14.0 Å². The molecule has 1 aliphatic rings. The number of aromatic nitrogens is 2. The van der Waals surface area contributed by atoms with Crippen molar-refractivity contribution in [2.75, 3.05) is 5.32 Å². The monoisotopic (exact) mass is 413 g/mol. The van der Waals surface area contributed by atoms with Crippen LogP contribution in [0.15, 0.2) is 29.4 Å². The summed E-state index contributed by atoms with van der Waals surface area (Å²) in [5.74, 6) is -0.569. The van der Waals surface area contributed by atoms with E-state index in [0.29, 0.717) is 18.4 Å². The second-order valence-corrected chi connectivity index (χ2v) is 8.50. The molecule has 0 spiro atoms. The Bertz CT molecular complexity index is 1000. The third-order valence-electron chi connectivity index (χ3n) is 4.64. The lowest BCUT2D eigenvalue weighted by atomic mass is 10.0. The number of alkyl halides is 2. The van der Waals surface area contributed by atoms with Crippen molar-refractivity contribution >= 4 is 21.5 Å². The Morgan fingerprint density at radius 3 is 2.89 bits per heavy atom. The van der Waals surface area contributed by atoms with Gasteiger partial charge in [0.15, 0.2) is 0 Å². The van der Waals surface area contributed by atoms with E-state index in [1.807, 2.05) is 0 Å². The first-order chi connectivity index (χ1) is 13.1. The zero-order chi connectivity index (χ0) is 20.6. The highest BCUT2D eigenvalue weighted by Gasteiger charge is 2.32. The predicted molar refractivity (Wildman–Crippen MR) is 98.6 cm³/mol. The maximum Gasteiger partial charge on any atom is 0.280 e. The number of aliphatic hydroxyl groups excluding tert-OH is 1. The molecule has 1 amide bonds. The van der Waals surface area contributed by atoms with Crippen LogP contribution < -0.4 is 10.0 Å². The minimum Gasteiger partial charge on any atom is -0.392 e. The number of amides is 1. The Hall–Kier alpha value is -2.37. The quantitative estimate of drug-likeness (QED) is 0.614. The summed E-state index contributed by atoms with van der Waals surface area (Å²) in [5.41, 5.74) is 0.337. The SMILES string of the molecule is C[C@H](O)[C@H]1CCc2c(cn(C)c2C(=O)Nc2ccnc(C(F)F)c2)S(=N)(=O)N1. The van der Waals surface area contributed by atoms with Crippen molar-refractivity contribution in [2.45, 2.75) is 43.2 Å². The van der Waals surface area contributed by atoms with Crippen molar-refractivity contribution in [1.29, 1.82) is 4.78 Å². The molecule has 0 fully saturated rings. The van der Waals surface area contributed by atoms with E-state index in [2.05, 4.69) is 15.0 Å². The summed E-state index contributed by atoms with van der Waals surface area (Å²) in [6.07, 6.45) is -0.235. The lowest BCUT2D eigenvalue weighted by Crippen LogP contribution is -2.40. The fraction of sp³-hybridized carbons (Fsp3) is 0.412. The van der Waals surface area contributed by atoms with Crippen molar-refractivity contribution in [3.05, 3.63) is 41.5 Å². The fourth-order valence-electron chi connectivity index (χ4n) is 3.25. The molecule has 3 atom stereocenters. The molecule has 1 aliphatic heterocycles. The molecule has 4 N–H and O–H groups in total. The molecule has 28 heavy (non-hydrogen) atoms. The van der Waals surface area contributed by atoms with Gasteiger partial charge in [0.1, 0.15) is 21.3 Å². The van der Waals surface area contributed by atoms with Gasteiger partial charge >= 0.3 is 0 Å². The molecule has 152 valence electrons. The first-order valence-corrected chi connectivity index (χ1v) is 10.1. The number of halogens is 2. The molecule has 3 heterocycles. The summed E-state index contributed by atoms with van der Waals surface area (Å²) in [4.78, 5) is 16.6. The van der Waals surface area contributed by atoms with E-state index in [9.17, 15) is 22.9 Å². The van der Waals surface area contributed by atoms with E-state index >= 15 is 0 Å². The second kappa shape index (κ2) is 7.57. The first kappa shape index (κ1) is 20.4. The lowest BCUT2D eigenvalue weighted by molar-refractivity contribution is 0.101. The van der Waals surface area contributed by atoms with Crippen LogP contribution in [0.1, 0.15) is 41.5 Å². The van der Waals surface area contributed by atoms with Crippen molar-refractivity contribution in [2.24, 2.45) is 7.05 Å². The molecule has 0 bridgehead atoms. The van der Waals surface area contributed by atoms with E-state index in [-0.39, 0.29) is 16.3 Å². The number of hydrogen-bond donors (Lipinski definition) is 4. The van der Waals surface area contributed by atoms with Gasteiger partial charge in [-0.25, -0.2) is 22.5 Å². The number of rotatable bonds is 4. The normalized spacial score (nSPS) is 23.1. The summed E-state index contributed by atoms with van der Waals surface area (Å²) in [6.45, 7) is 1.54. The largest absolute Gasteiger partial charge is 0.392 e. The van der Waals surface area contributed by atoms with Crippen LogP contribution in [0.2, 0.25) is 0 Å². The number of hydrogen-bond acceptors (Lipinski definition) is 5. The summed E-state index contributed by atoms with van der Waals surface area (Å²) in [5, 5.41) is 12.4. The fourth-order valence-corrected chi connectivity index (χ4v) is 4.97. The van der Waals surface area contributed by atoms with Crippen LogP contribution in [0.3, 0.4) is 0 Å². The number of anilines is 1. The van der Waals surface area contributed by atoms with Gasteiger partial charge in [0, 0.05) is 36.7 Å². The molecule has 3 rings (SSSR count). The Labute approximate surface area is 161 Å². The minimum atomic E-state index is -3.42. The summed E-state index contributed by atoms with van der Waals surface area (Å²) in [6, 6.07) is 1.93. The van der Waals surface area contributed by atoms with E-state index in [0.717, 1.165) is 6.07 Å². The molecule has 1 unspecified atom stereocenters. The van der Waals surface area contributed by atoms with Crippen LogP contribution in [0.4, 0.5) is 14.5 Å². The third kappa shape index (κ3) is 3.91. The number of carbonyl (C=O) groups is 1. The Morgan fingerprint density at radius 2 is 2.25 bits per heavy atom. The van der Waals surface area contributed by atoms with Gasteiger partial charge in [0.2, 0.25) is 0 Å². The molecule has 2 aromatic heterocycles. The number of nitrogens with one attached hydrogen (secondary N) is 3. The first-order valence-electron chi connectivity index (χ1n) is 8.58. The molecule has 0 aromatic carbocycles. The summed E-state index contributed by atoms with van der Waals surface area (Å²) < 4.78 is 50.8. The Kier molecular flexibility index (Phi) is 5.50. The average Bonchev–Trinajstić information content (AvgIpc) is 2.89. The summed E-state index contributed by atoms with van der Waals surface area (Å²) in [7, 11) is -1.83. The van der Waals surface area contributed by atoms with Gasteiger partial charge in [-0.15, -0.1) is 0 Å². The van der Waals surface area contributed by atoms with Crippen LogP contribution >= 0.6 is 0 Å². The Morgan fingerprint density at radius 1 is 1.54 bits per heavy atom. The minimum absolute atomic E-state index is 0.158. The molecule has 0 saturated carbocycles. The van der Waals surface area contributed by atoms with Crippen molar-refractivity contribution in [1.82, 2.24) is 14.3 Å². The van der Waals surface area contributed by atoms with Crippen molar-refractivity contribution in [3.63, 3.8) is 0 Å².